The molecule has 16 heavy (non-hydrogen) atoms. The van der Waals surface area contributed by atoms with Gasteiger partial charge in [0.15, 0.2) is 0 Å². The molecule has 0 aromatic heterocycles. The lowest BCUT2D eigenvalue weighted by Gasteiger charge is -2.13. The Morgan fingerprint density at radius 2 is 1.81 bits per heavy atom. The molecule has 88 valence electrons. The normalized spacial score (nSPS) is 12.3. The molecule has 5 heteroatoms. The number of benzene rings is 1. The summed E-state index contributed by atoms with van der Waals surface area (Å²) in [5.41, 5.74) is 0.793. The number of ether oxygens (including phenoxy) is 1. The van der Waals surface area contributed by atoms with Gasteiger partial charge in [-0.25, -0.2) is 0 Å². The molecular formula is C11H11Cl3O2. The summed E-state index contributed by atoms with van der Waals surface area (Å²) in [7, 11) is 1.35. The van der Waals surface area contributed by atoms with Crippen molar-refractivity contribution in [1.29, 1.82) is 0 Å². The molecule has 0 saturated carbocycles. The Hall–Kier alpha value is -0.440. The molecule has 0 amide bonds. The first kappa shape index (κ1) is 13.6. The van der Waals surface area contributed by atoms with Gasteiger partial charge >= 0.3 is 5.97 Å². The first-order valence-corrected chi connectivity index (χ1v) is 5.80. The standard InChI is InChI=1S/C11H11Cl3O2/c1-6(3-11(15)16-2)7-4-9(13)10(14)5-8(7)12/h4-6H,3H2,1-2H3. The zero-order chi connectivity index (χ0) is 12.3. The summed E-state index contributed by atoms with van der Waals surface area (Å²) >= 11 is 17.7. The van der Waals surface area contributed by atoms with E-state index in [0.717, 1.165) is 5.56 Å². The predicted octanol–water partition coefficient (Wildman–Crippen LogP) is 4.31. The molecule has 0 N–H and O–H groups in total. The van der Waals surface area contributed by atoms with Crippen LogP contribution in [-0.4, -0.2) is 13.1 Å². The van der Waals surface area contributed by atoms with E-state index in [-0.39, 0.29) is 18.3 Å². The van der Waals surface area contributed by atoms with Crippen molar-refractivity contribution in [3.63, 3.8) is 0 Å². The molecule has 1 unspecified atom stereocenters. The maximum absolute atomic E-state index is 11.1. The molecule has 0 heterocycles. The highest BCUT2D eigenvalue weighted by atomic mass is 35.5. The van der Waals surface area contributed by atoms with Gasteiger partial charge in [0.05, 0.1) is 23.6 Å². The minimum absolute atomic E-state index is 0.0604. The maximum Gasteiger partial charge on any atom is 0.306 e. The quantitative estimate of drug-likeness (QED) is 0.609. The lowest BCUT2D eigenvalue weighted by atomic mass is 9.98. The van der Waals surface area contributed by atoms with Crippen molar-refractivity contribution >= 4 is 40.8 Å². The van der Waals surface area contributed by atoms with Gasteiger partial charge in [0.25, 0.3) is 0 Å². The van der Waals surface area contributed by atoms with Gasteiger partial charge in [0, 0.05) is 5.02 Å². The molecule has 0 aliphatic rings. The number of esters is 1. The molecule has 0 spiro atoms. The van der Waals surface area contributed by atoms with Crippen molar-refractivity contribution in [1.82, 2.24) is 0 Å². The molecular weight excluding hydrogens is 270 g/mol. The molecule has 0 bridgehead atoms. The molecule has 1 aromatic carbocycles. The van der Waals surface area contributed by atoms with Gasteiger partial charge in [0.1, 0.15) is 0 Å². The lowest BCUT2D eigenvalue weighted by molar-refractivity contribution is -0.140. The van der Waals surface area contributed by atoms with Gasteiger partial charge in [-0.15, -0.1) is 0 Å². The van der Waals surface area contributed by atoms with Crippen LogP contribution in [0.25, 0.3) is 0 Å². The Labute approximate surface area is 109 Å². The van der Waals surface area contributed by atoms with Crippen LogP contribution >= 0.6 is 34.8 Å². The van der Waals surface area contributed by atoms with Crippen LogP contribution < -0.4 is 0 Å². The van der Waals surface area contributed by atoms with E-state index in [2.05, 4.69) is 4.74 Å². The van der Waals surface area contributed by atoms with Crippen LogP contribution in [0.15, 0.2) is 12.1 Å². The first-order chi connectivity index (χ1) is 7.45. The van der Waals surface area contributed by atoms with Crippen molar-refractivity contribution in [2.24, 2.45) is 0 Å². The minimum Gasteiger partial charge on any atom is -0.469 e. The summed E-state index contributed by atoms with van der Waals surface area (Å²) in [5, 5.41) is 1.34. The molecule has 1 rings (SSSR count). The van der Waals surface area contributed by atoms with E-state index >= 15 is 0 Å². The molecule has 2 nitrogen and oxygen atoms in total. The Morgan fingerprint density at radius 1 is 1.25 bits per heavy atom. The van der Waals surface area contributed by atoms with Gasteiger partial charge < -0.3 is 4.74 Å². The second-order valence-corrected chi connectivity index (χ2v) is 4.69. The van der Waals surface area contributed by atoms with Crippen molar-refractivity contribution in [2.45, 2.75) is 19.3 Å². The smallest absolute Gasteiger partial charge is 0.306 e. The zero-order valence-electron chi connectivity index (χ0n) is 8.89. The fraction of sp³-hybridized carbons (Fsp3) is 0.364. The highest BCUT2D eigenvalue weighted by molar-refractivity contribution is 6.43. The highest BCUT2D eigenvalue weighted by Gasteiger charge is 2.16. The number of methoxy groups -OCH3 is 1. The Kier molecular flexibility index (Phi) is 4.90. The van der Waals surface area contributed by atoms with Crippen molar-refractivity contribution in [2.75, 3.05) is 7.11 Å². The third-order valence-corrected chi connectivity index (χ3v) is 3.32. The summed E-state index contributed by atoms with van der Waals surface area (Å²) < 4.78 is 4.60. The second-order valence-electron chi connectivity index (χ2n) is 3.47. The third kappa shape index (κ3) is 3.27. The fourth-order valence-electron chi connectivity index (χ4n) is 1.36. The van der Waals surface area contributed by atoms with Crippen LogP contribution in [0.5, 0.6) is 0 Å². The van der Waals surface area contributed by atoms with E-state index in [4.69, 9.17) is 34.8 Å². The number of halogens is 3. The van der Waals surface area contributed by atoms with Crippen LogP contribution in [0.4, 0.5) is 0 Å². The van der Waals surface area contributed by atoms with E-state index in [1.807, 2.05) is 6.92 Å². The largest absolute Gasteiger partial charge is 0.469 e. The lowest BCUT2D eigenvalue weighted by Crippen LogP contribution is -2.06. The fourth-order valence-corrected chi connectivity index (χ4v) is 2.10. The number of hydrogen-bond acceptors (Lipinski definition) is 2. The third-order valence-electron chi connectivity index (χ3n) is 2.27. The average Bonchev–Trinajstić information content (AvgIpc) is 2.23. The summed E-state index contributed by atoms with van der Waals surface area (Å²) in [5.74, 6) is -0.343. The average molecular weight is 282 g/mol. The van der Waals surface area contributed by atoms with Gasteiger partial charge in [-0.05, 0) is 23.6 Å². The molecule has 0 radical (unpaired) electrons. The summed E-state index contributed by atoms with van der Waals surface area (Å²) in [6.45, 7) is 1.88. The van der Waals surface area contributed by atoms with Crippen LogP contribution in [0.3, 0.4) is 0 Å². The van der Waals surface area contributed by atoms with Crippen LogP contribution in [-0.2, 0) is 9.53 Å². The molecule has 1 atom stereocenters. The van der Waals surface area contributed by atoms with Crippen molar-refractivity contribution in [3.05, 3.63) is 32.8 Å². The van der Waals surface area contributed by atoms with E-state index < -0.39 is 0 Å². The van der Waals surface area contributed by atoms with Crippen molar-refractivity contribution < 1.29 is 9.53 Å². The molecule has 0 fully saturated rings. The number of carbonyl (C=O) groups excluding carboxylic acids is 1. The monoisotopic (exact) mass is 280 g/mol. The minimum atomic E-state index is -0.283. The highest BCUT2D eigenvalue weighted by Crippen LogP contribution is 2.34. The SMILES string of the molecule is COC(=O)CC(C)c1cc(Cl)c(Cl)cc1Cl. The van der Waals surface area contributed by atoms with Gasteiger partial charge in [-0.2, -0.15) is 0 Å². The Morgan fingerprint density at radius 3 is 2.38 bits per heavy atom. The van der Waals surface area contributed by atoms with Gasteiger partial charge in [-0.1, -0.05) is 41.7 Å². The van der Waals surface area contributed by atoms with E-state index in [1.54, 1.807) is 12.1 Å². The van der Waals surface area contributed by atoms with Crippen LogP contribution in [0.2, 0.25) is 15.1 Å². The maximum atomic E-state index is 11.1. The van der Waals surface area contributed by atoms with E-state index in [9.17, 15) is 4.79 Å². The van der Waals surface area contributed by atoms with E-state index in [0.29, 0.717) is 15.1 Å². The van der Waals surface area contributed by atoms with Crippen LogP contribution in [0.1, 0.15) is 24.8 Å². The van der Waals surface area contributed by atoms with Gasteiger partial charge in [0.2, 0.25) is 0 Å². The topological polar surface area (TPSA) is 26.3 Å². The number of rotatable bonds is 3. The zero-order valence-corrected chi connectivity index (χ0v) is 11.2. The van der Waals surface area contributed by atoms with Crippen LogP contribution in [0, 0.1) is 0 Å². The summed E-state index contributed by atoms with van der Waals surface area (Å²) in [6, 6.07) is 3.26. The summed E-state index contributed by atoms with van der Waals surface area (Å²) in [6.07, 6.45) is 0.258. The molecule has 1 aromatic rings. The molecule has 0 saturated heterocycles. The Balaban J connectivity index is 2.95. The first-order valence-electron chi connectivity index (χ1n) is 4.67. The number of carbonyl (C=O) groups is 1. The number of hydrogen-bond donors (Lipinski definition) is 0. The molecule has 0 aliphatic carbocycles. The van der Waals surface area contributed by atoms with Gasteiger partial charge in [-0.3, -0.25) is 4.79 Å². The van der Waals surface area contributed by atoms with Crippen molar-refractivity contribution in [3.8, 4) is 0 Å². The second kappa shape index (κ2) is 5.76. The predicted molar refractivity (Wildman–Crippen MR) is 66.5 cm³/mol. The summed E-state index contributed by atoms with van der Waals surface area (Å²) in [4.78, 5) is 11.1. The Bertz CT molecular complexity index is 404. The van der Waals surface area contributed by atoms with E-state index in [1.165, 1.54) is 7.11 Å². The molecule has 0 aliphatic heterocycles.